The van der Waals surface area contributed by atoms with Crippen molar-refractivity contribution in [3.8, 4) is 0 Å². The number of nitrogens with two attached hydrogens (primary N) is 1. The summed E-state index contributed by atoms with van der Waals surface area (Å²) in [7, 11) is 0. The van der Waals surface area contributed by atoms with E-state index in [1.807, 2.05) is 0 Å². The lowest BCUT2D eigenvalue weighted by molar-refractivity contribution is -0.138. The molecule has 3 N–H and O–H groups in total. The fourth-order valence-corrected chi connectivity index (χ4v) is 2.42. The third-order valence-electron chi connectivity index (χ3n) is 3.13. The van der Waals surface area contributed by atoms with Gasteiger partial charge in [-0.25, -0.2) is 0 Å². The van der Waals surface area contributed by atoms with Gasteiger partial charge in [0.25, 0.3) is 0 Å². The van der Waals surface area contributed by atoms with E-state index in [-0.39, 0.29) is 0 Å². The monoisotopic (exact) mass is 217 g/mol. The number of aliphatic carboxylic acids is 1. The van der Waals surface area contributed by atoms with Crippen molar-refractivity contribution in [3.63, 3.8) is 0 Å². The van der Waals surface area contributed by atoms with Crippen LogP contribution in [0.2, 0.25) is 0 Å². The van der Waals surface area contributed by atoms with E-state index in [4.69, 9.17) is 15.3 Å². The Balaban J connectivity index is 2.29. The van der Waals surface area contributed by atoms with Gasteiger partial charge >= 0.3 is 5.97 Å². The number of hydrogen-bond donors (Lipinski definition) is 2. The van der Waals surface area contributed by atoms with Crippen LogP contribution in [0, 0.1) is 0 Å². The summed E-state index contributed by atoms with van der Waals surface area (Å²) in [5.41, 5.74) is 7.88. The molecule has 1 unspecified atom stereocenters. The van der Waals surface area contributed by atoms with Crippen LogP contribution in [0.15, 0.2) is 22.6 Å². The molecule has 0 aliphatic heterocycles. The molecule has 1 aromatic carbocycles. The number of aryl methyl sites for hydroxylation is 1. The molecule has 0 bridgehead atoms. The minimum absolute atomic E-state index is 0.446. The normalized spacial score (nSPS) is 18.9. The molecule has 2 aromatic rings. The first-order chi connectivity index (χ1) is 7.66. The topological polar surface area (TPSA) is 76.5 Å². The Labute approximate surface area is 91.7 Å². The van der Waals surface area contributed by atoms with Crippen molar-refractivity contribution in [1.82, 2.24) is 0 Å². The molecule has 4 nitrogen and oxygen atoms in total. The van der Waals surface area contributed by atoms with Gasteiger partial charge in [-0.15, -0.1) is 0 Å². The number of carboxylic acids is 1. The lowest BCUT2D eigenvalue weighted by Crippen LogP contribution is -2.07. The van der Waals surface area contributed by atoms with Crippen molar-refractivity contribution in [2.24, 2.45) is 0 Å². The van der Waals surface area contributed by atoms with E-state index in [9.17, 15) is 4.79 Å². The highest BCUT2D eigenvalue weighted by molar-refractivity contribution is 5.91. The maximum Gasteiger partial charge on any atom is 0.311 e. The van der Waals surface area contributed by atoms with E-state index in [0.29, 0.717) is 18.5 Å². The molecule has 0 spiro atoms. The molecule has 16 heavy (non-hydrogen) atoms. The van der Waals surface area contributed by atoms with Gasteiger partial charge in [0, 0.05) is 23.1 Å². The number of benzene rings is 1. The molecule has 0 amide bonds. The standard InChI is InChI=1S/C12H11NO3/c13-6-1-3-9-8(5-6)11-7(12(14)15)2-4-10(11)16-9/h1,3,5,7H,2,4,13H2,(H,14,15). The average Bonchev–Trinajstić information content (AvgIpc) is 2.76. The summed E-state index contributed by atoms with van der Waals surface area (Å²) in [5, 5.41) is 9.98. The molecule has 1 aromatic heterocycles. The zero-order valence-electron chi connectivity index (χ0n) is 8.56. The van der Waals surface area contributed by atoms with Crippen molar-refractivity contribution < 1.29 is 14.3 Å². The van der Waals surface area contributed by atoms with Gasteiger partial charge in [-0.3, -0.25) is 4.79 Å². The molecule has 1 aliphatic rings. The number of carbonyl (C=O) groups is 1. The van der Waals surface area contributed by atoms with Crippen LogP contribution in [-0.2, 0) is 11.2 Å². The number of carboxylic acid groups (broad SMARTS) is 1. The van der Waals surface area contributed by atoms with E-state index in [2.05, 4.69) is 0 Å². The van der Waals surface area contributed by atoms with Gasteiger partial charge in [-0.2, -0.15) is 0 Å². The van der Waals surface area contributed by atoms with Gasteiger partial charge in [0.2, 0.25) is 0 Å². The first kappa shape index (κ1) is 9.27. The fourth-order valence-electron chi connectivity index (χ4n) is 2.42. The van der Waals surface area contributed by atoms with Crippen LogP contribution >= 0.6 is 0 Å². The molecule has 1 heterocycles. The van der Waals surface area contributed by atoms with E-state index >= 15 is 0 Å². The molecular weight excluding hydrogens is 206 g/mol. The molecule has 0 fully saturated rings. The molecule has 3 rings (SSSR count). The number of furan rings is 1. The molecule has 4 heteroatoms. The van der Waals surface area contributed by atoms with E-state index in [0.717, 1.165) is 22.3 Å². The quantitative estimate of drug-likeness (QED) is 0.717. The molecule has 1 aliphatic carbocycles. The predicted molar refractivity (Wildman–Crippen MR) is 59.3 cm³/mol. The minimum Gasteiger partial charge on any atom is -0.481 e. The summed E-state index contributed by atoms with van der Waals surface area (Å²) in [6.45, 7) is 0. The molecule has 0 saturated carbocycles. The van der Waals surface area contributed by atoms with Crippen molar-refractivity contribution in [1.29, 1.82) is 0 Å². The van der Waals surface area contributed by atoms with Crippen LogP contribution in [0.25, 0.3) is 11.0 Å². The Hall–Kier alpha value is -1.97. The van der Waals surface area contributed by atoms with Crippen LogP contribution < -0.4 is 5.73 Å². The fraction of sp³-hybridized carbons (Fsp3) is 0.250. The van der Waals surface area contributed by atoms with Gasteiger partial charge in [-0.05, 0) is 24.6 Å². The summed E-state index contributed by atoms with van der Waals surface area (Å²) in [5.74, 6) is -0.435. The van der Waals surface area contributed by atoms with Gasteiger partial charge in [0.15, 0.2) is 0 Å². The summed E-state index contributed by atoms with van der Waals surface area (Å²) in [6.07, 6.45) is 1.31. The zero-order valence-corrected chi connectivity index (χ0v) is 8.56. The zero-order chi connectivity index (χ0) is 11.3. The molecule has 82 valence electrons. The molecule has 0 radical (unpaired) electrons. The van der Waals surface area contributed by atoms with Crippen LogP contribution in [0.3, 0.4) is 0 Å². The molecule has 1 atom stereocenters. The second-order valence-corrected chi connectivity index (χ2v) is 4.12. The second-order valence-electron chi connectivity index (χ2n) is 4.12. The second kappa shape index (κ2) is 3.01. The van der Waals surface area contributed by atoms with Crippen LogP contribution in [0.5, 0.6) is 0 Å². The maximum absolute atomic E-state index is 11.1. The largest absolute Gasteiger partial charge is 0.481 e. The Bertz CT molecular complexity index is 585. The summed E-state index contributed by atoms with van der Waals surface area (Å²) >= 11 is 0. The third-order valence-corrected chi connectivity index (χ3v) is 3.13. The van der Waals surface area contributed by atoms with Gasteiger partial charge < -0.3 is 15.3 Å². The van der Waals surface area contributed by atoms with Gasteiger partial charge in [-0.1, -0.05) is 0 Å². The Morgan fingerprint density at radius 1 is 1.50 bits per heavy atom. The number of hydrogen-bond acceptors (Lipinski definition) is 3. The SMILES string of the molecule is Nc1ccc2oc3c(c2c1)C(C(=O)O)CC3. The number of anilines is 1. The average molecular weight is 217 g/mol. The third kappa shape index (κ3) is 1.13. The molecule has 0 saturated heterocycles. The minimum atomic E-state index is -0.788. The Morgan fingerprint density at radius 2 is 2.31 bits per heavy atom. The summed E-state index contributed by atoms with van der Waals surface area (Å²) in [6, 6.07) is 5.34. The van der Waals surface area contributed by atoms with E-state index in [1.54, 1.807) is 18.2 Å². The molecular formula is C12H11NO3. The highest BCUT2D eigenvalue weighted by Gasteiger charge is 2.33. The van der Waals surface area contributed by atoms with Gasteiger partial charge in [0.05, 0.1) is 5.92 Å². The van der Waals surface area contributed by atoms with Crippen molar-refractivity contribution in [2.45, 2.75) is 18.8 Å². The van der Waals surface area contributed by atoms with Crippen molar-refractivity contribution >= 4 is 22.6 Å². The smallest absolute Gasteiger partial charge is 0.311 e. The van der Waals surface area contributed by atoms with E-state index in [1.165, 1.54) is 0 Å². The Morgan fingerprint density at radius 3 is 3.06 bits per heavy atom. The number of rotatable bonds is 1. The predicted octanol–water partition coefficient (Wildman–Crippen LogP) is 2.13. The van der Waals surface area contributed by atoms with Crippen LogP contribution in [0.1, 0.15) is 23.7 Å². The van der Waals surface area contributed by atoms with Crippen molar-refractivity contribution in [2.75, 3.05) is 5.73 Å². The summed E-state index contributed by atoms with van der Waals surface area (Å²) in [4.78, 5) is 11.1. The maximum atomic E-state index is 11.1. The lowest BCUT2D eigenvalue weighted by Gasteiger charge is -2.03. The van der Waals surface area contributed by atoms with E-state index < -0.39 is 11.9 Å². The number of fused-ring (bicyclic) bond motifs is 3. The highest BCUT2D eigenvalue weighted by Crippen LogP contribution is 2.41. The Kier molecular flexibility index (Phi) is 1.74. The van der Waals surface area contributed by atoms with Crippen LogP contribution in [-0.4, -0.2) is 11.1 Å². The first-order valence-corrected chi connectivity index (χ1v) is 5.20. The van der Waals surface area contributed by atoms with Gasteiger partial charge in [0.1, 0.15) is 11.3 Å². The van der Waals surface area contributed by atoms with Crippen LogP contribution in [0.4, 0.5) is 5.69 Å². The highest BCUT2D eigenvalue weighted by atomic mass is 16.4. The lowest BCUT2D eigenvalue weighted by atomic mass is 10.0. The number of nitrogen functional groups attached to an aromatic ring is 1. The first-order valence-electron chi connectivity index (χ1n) is 5.20. The van der Waals surface area contributed by atoms with Crippen molar-refractivity contribution in [3.05, 3.63) is 29.5 Å². The summed E-state index contributed by atoms with van der Waals surface area (Å²) < 4.78 is 5.63.